The van der Waals surface area contributed by atoms with Crippen LogP contribution in [-0.2, 0) is 13.2 Å². The van der Waals surface area contributed by atoms with Crippen LogP contribution in [0.15, 0.2) is 30.5 Å². The number of hydrogen-bond donors (Lipinski definition) is 1. The second kappa shape index (κ2) is 6.90. The smallest absolute Gasteiger partial charge is 0.221 e. The summed E-state index contributed by atoms with van der Waals surface area (Å²) in [5.41, 5.74) is 1.97. The summed E-state index contributed by atoms with van der Waals surface area (Å²) in [7, 11) is 1.49. The van der Waals surface area contributed by atoms with Crippen molar-refractivity contribution in [3.8, 4) is 17.0 Å². The van der Waals surface area contributed by atoms with Crippen molar-refractivity contribution in [2.75, 3.05) is 7.11 Å². The normalized spacial score (nSPS) is 10.8. The highest BCUT2D eigenvalue weighted by atomic mass is 35.5. The minimum Gasteiger partial charge on any atom is -0.481 e. The Morgan fingerprint density at radius 2 is 2.17 bits per heavy atom. The molecule has 0 amide bonds. The van der Waals surface area contributed by atoms with E-state index in [1.54, 1.807) is 18.3 Å². The van der Waals surface area contributed by atoms with Crippen molar-refractivity contribution in [2.45, 2.75) is 13.2 Å². The van der Waals surface area contributed by atoms with Crippen molar-refractivity contribution >= 4 is 11.6 Å². The Labute approximate surface area is 141 Å². The summed E-state index contributed by atoms with van der Waals surface area (Å²) in [6.45, 7) is 0.0171. The van der Waals surface area contributed by atoms with Crippen molar-refractivity contribution in [3.63, 3.8) is 0 Å². The van der Waals surface area contributed by atoms with Crippen LogP contribution >= 0.6 is 11.6 Å². The van der Waals surface area contributed by atoms with Crippen LogP contribution in [0.1, 0.15) is 11.4 Å². The molecule has 3 rings (SSSR count). The molecule has 0 fully saturated rings. The Balaban J connectivity index is 1.96. The highest BCUT2D eigenvalue weighted by molar-refractivity contribution is 6.30. The molecule has 0 aliphatic rings. The van der Waals surface area contributed by atoms with Crippen LogP contribution in [0.5, 0.6) is 5.88 Å². The molecule has 7 nitrogen and oxygen atoms in total. The lowest BCUT2D eigenvalue weighted by Gasteiger charge is -2.10. The van der Waals surface area contributed by atoms with Crippen LogP contribution in [0.25, 0.3) is 11.1 Å². The van der Waals surface area contributed by atoms with E-state index in [2.05, 4.69) is 20.4 Å². The quantitative estimate of drug-likeness (QED) is 0.759. The number of aromatic nitrogens is 5. The highest BCUT2D eigenvalue weighted by Crippen LogP contribution is 2.31. The van der Waals surface area contributed by atoms with E-state index in [9.17, 15) is 4.39 Å². The number of aliphatic hydroxyl groups is 1. The number of methoxy groups -OCH3 is 1. The first-order chi connectivity index (χ1) is 11.6. The highest BCUT2D eigenvalue weighted by Gasteiger charge is 2.12. The zero-order chi connectivity index (χ0) is 17.1. The summed E-state index contributed by atoms with van der Waals surface area (Å²) in [4.78, 5) is 5.57. The predicted molar refractivity (Wildman–Crippen MR) is 84.0 cm³/mol. The van der Waals surface area contributed by atoms with Gasteiger partial charge in [0.05, 0.1) is 18.7 Å². The van der Waals surface area contributed by atoms with Crippen molar-refractivity contribution in [1.29, 1.82) is 0 Å². The second-order valence-electron chi connectivity index (χ2n) is 4.92. The van der Waals surface area contributed by atoms with Crippen molar-refractivity contribution in [3.05, 3.63) is 52.7 Å². The number of ether oxygens (including phenoxy) is 1. The number of tetrazole rings is 1. The van der Waals surface area contributed by atoms with E-state index in [0.717, 1.165) is 5.56 Å². The van der Waals surface area contributed by atoms with Crippen LogP contribution < -0.4 is 4.74 Å². The minimum absolute atomic E-state index is 0.0465. The number of halogens is 2. The molecule has 3 aromatic rings. The topological polar surface area (TPSA) is 86.0 Å². The van der Waals surface area contributed by atoms with Gasteiger partial charge in [0, 0.05) is 11.8 Å². The average molecular weight is 350 g/mol. The maximum atomic E-state index is 13.7. The molecular formula is C15H13ClFN5O2. The number of rotatable bonds is 5. The van der Waals surface area contributed by atoms with Crippen LogP contribution in [0.3, 0.4) is 0 Å². The van der Waals surface area contributed by atoms with Gasteiger partial charge in [-0.2, -0.15) is 4.80 Å². The molecule has 0 aliphatic carbocycles. The van der Waals surface area contributed by atoms with Gasteiger partial charge in [0.1, 0.15) is 12.4 Å². The Hall–Kier alpha value is -2.58. The molecule has 0 saturated carbocycles. The molecule has 124 valence electrons. The van der Waals surface area contributed by atoms with Crippen molar-refractivity contribution in [2.24, 2.45) is 0 Å². The molecular weight excluding hydrogens is 337 g/mol. The standard InChI is InChI=1S/C15H13ClFN5O2/c1-24-15-11(10-2-3-12(16)13(17)5-10)4-9(6-18-15)7-22-20-14(8-23)19-21-22/h2-6,23H,7-8H2,1H3. The van der Waals surface area contributed by atoms with Crippen LogP contribution in [0.2, 0.25) is 5.02 Å². The van der Waals surface area contributed by atoms with Crippen LogP contribution in [-0.4, -0.2) is 37.4 Å². The first kappa shape index (κ1) is 16.3. The lowest BCUT2D eigenvalue weighted by molar-refractivity contribution is 0.270. The predicted octanol–water partition coefficient (Wildman–Crippen LogP) is 2.08. The maximum absolute atomic E-state index is 13.7. The SMILES string of the molecule is COc1ncc(Cn2nnc(CO)n2)cc1-c1ccc(Cl)c(F)c1. The first-order valence-electron chi connectivity index (χ1n) is 6.96. The van der Waals surface area contributed by atoms with Crippen molar-refractivity contribution in [1.82, 2.24) is 25.2 Å². The molecule has 1 aromatic carbocycles. The summed E-state index contributed by atoms with van der Waals surface area (Å²) in [5.74, 6) is 0.0756. The Morgan fingerprint density at radius 3 is 2.83 bits per heavy atom. The molecule has 1 N–H and O–H groups in total. The van der Waals surface area contributed by atoms with Gasteiger partial charge < -0.3 is 9.84 Å². The molecule has 0 atom stereocenters. The molecule has 0 bridgehead atoms. The van der Waals surface area contributed by atoms with Gasteiger partial charge in [-0.15, -0.1) is 10.2 Å². The van der Waals surface area contributed by atoms with Gasteiger partial charge >= 0.3 is 0 Å². The molecule has 0 spiro atoms. The third-order valence-corrected chi connectivity index (χ3v) is 3.60. The molecule has 2 heterocycles. The zero-order valence-electron chi connectivity index (χ0n) is 12.6. The molecule has 24 heavy (non-hydrogen) atoms. The minimum atomic E-state index is -0.521. The van der Waals surface area contributed by atoms with Gasteiger partial charge in [0.25, 0.3) is 0 Å². The summed E-state index contributed by atoms with van der Waals surface area (Å²) >= 11 is 5.73. The fourth-order valence-corrected chi connectivity index (χ4v) is 2.30. The Bertz CT molecular complexity index is 871. The largest absolute Gasteiger partial charge is 0.481 e. The Morgan fingerprint density at radius 1 is 1.33 bits per heavy atom. The van der Waals surface area contributed by atoms with Crippen LogP contribution in [0.4, 0.5) is 4.39 Å². The van der Waals surface area contributed by atoms with E-state index in [-0.39, 0.29) is 17.5 Å². The summed E-state index contributed by atoms with van der Waals surface area (Å²) in [6.07, 6.45) is 1.61. The average Bonchev–Trinajstić information content (AvgIpc) is 3.05. The zero-order valence-corrected chi connectivity index (χ0v) is 13.4. The number of benzene rings is 1. The van der Waals surface area contributed by atoms with Gasteiger partial charge in [-0.25, -0.2) is 9.37 Å². The van der Waals surface area contributed by atoms with E-state index in [1.807, 2.05) is 0 Å². The monoisotopic (exact) mass is 349 g/mol. The molecule has 0 radical (unpaired) electrons. The van der Waals surface area contributed by atoms with Gasteiger partial charge in [-0.05, 0) is 34.5 Å². The molecule has 2 aromatic heterocycles. The van der Waals surface area contributed by atoms with E-state index < -0.39 is 5.82 Å². The third kappa shape index (κ3) is 3.34. The van der Waals surface area contributed by atoms with Gasteiger partial charge in [-0.3, -0.25) is 0 Å². The number of nitrogens with zero attached hydrogens (tertiary/aromatic N) is 5. The summed E-state index contributed by atoms with van der Waals surface area (Å²) < 4.78 is 19.0. The van der Waals surface area contributed by atoms with E-state index >= 15 is 0 Å². The molecule has 0 unspecified atom stereocenters. The summed E-state index contributed by atoms with van der Waals surface area (Å²) in [5, 5.41) is 20.5. The molecule has 9 heteroatoms. The number of aliphatic hydroxyl groups excluding tert-OH is 1. The van der Waals surface area contributed by atoms with Gasteiger partial charge in [-0.1, -0.05) is 17.7 Å². The lowest BCUT2D eigenvalue weighted by atomic mass is 10.1. The fourth-order valence-electron chi connectivity index (χ4n) is 2.19. The van der Waals surface area contributed by atoms with Crippen LogP contribution in [0, 0.1) is 5.82 Å². The molecule has 0 saturated heterocycles. The fraction of sp³-hybridized carbons (Fsp3) is 0.200. The van der Waals surface area contributed by atoms with E-state index in [0.29, 0.717) is 23.6 Å². The number of pyridine rings is 1. The lowest BCUT2D eigenvalue weighted by Crippen LogP contribution is -2.05. The number of hydrogen-bond acceptors (Lipinski definition) is 6. The first-order valence-corrected chi connectivity index (χ1v) is 7.34. The summed E-state index contributed by atoms with van der Waals surface area (Å²) in [6, 6.07) is 6.29. The van der Waals surface area contributed by atoms with Crippen molar-refractivity contribution < 1.29 is 14.2 Å². The van der Waals surface area contributed by atoms with Gasteiger partial charge in [0.15, 0.2) is 5.82 Å². The van der Waals surface area contributed by atoms with E-state index in [1.165, 1.54) is 24.0 Å². The molecule has 0 aliphatic heterocycles. The Kier molecular flexibility index (Phi) is 4.68. The second-order valence-corrected chi connectivity index (χ2v) is 5.33. The third-order valence-electron chi connectivity index (χ3n) is 3.29. The maximum Gasteiger partial charge on any atom is 0.221 e. The van der Waals surface area contributed by atoms with Gasteiger partial charge in [0.2, 0.25) is 5.88 Å². The van der Waals surface area contributed by atoms with E-state index in [4.69, 9.17) is 21.4 Å².